The van der Waals surface area contributed by atoms with Crippen molar-refractivity contribution in [1.29, 1.82) is 0 Å². The lowest BCUT2D eigenvalue weighted by molar-refractivity contribution is -0.0827. The van der Waals surface area contributed by atoms with Crippen molar-refractivity contribution in [3.63, 3.8) is 0 Å². The summed E-state index contributed by atoms with van der Waals surface area (Å²) in [6.07, 6.45) is 2.53. The second-order valence-corrected chi connectivity index (χ2v) is 4.86. The molecule has 2 unspecified atom stereocenters. The minimum absolute atomic E-state index is 0.0432. The van der Waals surface area contributed by atoms with Crippen LogP contribution in [0.4, 0.5) is 13.2 Å². The lowest BCUT2D eigenvalue weighted by Crippen LogP contribution is -2.44. The van der Waals surface area contributed by atoms with E-state index in [1.54, 1.807) is 6.92 Å². The van der Waals surface area contributed by atoms with Crippen molar-refractivity contribution in [1.82, 2.24) is 0 Å². The summed E-state index contributed by atoms with van der Waals surface area (Å²) < 4.78 is 45.4. The molecule has 0 aromatic heterocycles. The summed E-state index contributed by atoms with van der Waals surface area (Å²) in [7, 11) is 0. The average Bonchev–Trinajstić information content (AvgIpc) is 2.36. The Morgan fingerprint density at radius 1 is 1.22 bits per heavy atom. The first-order valence-electron chi connectivity index (χ1n) is 5.98. The third-order valence-electron chi connectivity index (χ3n) is 3.56. The highest BCUT2D eigenvalue weighted by Crippen LogP contribution is 2.36. The van der Waals surface area contributed by atoms with Crippen LogP contribution in [0.3, 0.4) is 0 Å². The Labute approximate surface area is 104 Å². The van der Waals surface area contributed by atoms with Crippen molar-refractivity contribution in [3.05, 3.63) is 35.1 Å². The van der Waals surface area contributed by atoms with E-state index in [4.69, 9.17) is 10.5 Å². The molecule has 18 heavy (non-hydrogen) atoms. The maximum Gasteiger partial charge on any atom is 0.194 e. The van der Waals surface area contributed by atoms with Gasteiger partial charge in [0.25, 0.3) is 0 Å². The molecule has 1 aliphatic rings. The highest BCUT2D eigenvalue weighted by Gasteiger charge is 2.37. The third-order valence-corrected chi connectivity index (χ3v) is 3.56. The molecule has 1 aromatic carbocycles. The van der Waals surface area contributed by atoms with E-state index in [1.165, 1.54) is 6.07 Å². The van der Waals surface area contributed by atoms with E-state index in [9.17, 15) is 13.2 Å². The van der Waals surface area contributed by atoms with Crippen molar-refractivity contribution >= 4 is 0 Å². The Balaban J connectivity index is 2.33. The van der Waals surface area contributed by atoms with Crippen LogP contribution in [0.2, 0.25) is 0 Å². The van der Waals surface area contributed by atoms with Gasteiger partial charge in [0.15, 0.2) is 17.5 Å². The lowest BCUT2D eigenvalue weighted by atomic mass is 9.84. The summed E-state index contributed by atoms with van der Waals surface area (Å²) >= 11 is 0. The van der Waals surface area contributed by atoms with E-state index in [2.05, 4.69) is 0 Å². The Morgan fingerprint density at radius 2 is 1.94 bits per heavy atom. The molecule has 0 radical (unpaired) electrons. The molecular formula is C13H16F3NO. The fraction of sp³-hybridized carbons (Fsp3) is 0.538. The van der Waals surface area contributed by atoms with Gasteiger partial charge in [0.1, 0.15) is 0 Å². The van der Waals surface area contributed by atoms with Gasteiger partial charge in [0.2, 0.25) is 0 Å². The van der Waals surface area contributed by atoms with Gasteiger partial charge < -0.3 is 10.5 Å². The molecule has 0 amide bonds. The molecule has 1 aromatic rings. The number of rotatable bonds is 2. The van der Waals surface area contributed by atoms with Crippen LogP contribution in [-0.2, 0) is 4.74 Å². The van der Waals surface area contributed by atoms with E-state index >= 15 is 0 Å². The molecule has 1 aliphatic heterocycles. The molecule has 0 saturated carbocycles. The van der Waals surface area contributed by atoms with Gasteiger partial charge in [0, 0.05) is 12.2 Å². The third kappa shape index (κ3) is 2.24. The van der Waals surface area contributed by atoms with Gasteiger partial charge in [0.05, 0.1) is 11.6 Å². The molecular weight excluding hydrogens is 243 g/mol. The molecule has 1 saturated heterocycles. The lowest BCUT2D eigenvalue weighted by Gasteiger charge is -2.39. The molecule has 0 aliphatic carbocycles. The van der Waals surface area contributed by atoms with Crippen molar-refractivity contribution < 1.29 is 17.9 Å². The summed E-state index contributed by atoms with van der Waals surface area (Å²) in [4.78, 5) is 0. The first-order valence-corrected chi connectivity index (χ1v) is 5.98. The first kappa shape index (κ1) is 13.4. The number of hydrogen-bond donors (Lipinski definition) is 1. The van der Waals surface area contributed by atoms with E-state index in [-0.39, 0.29) is 5.56 Å². The minimum atomic E-state index is -1.48. The van der Waals surface area contributed by atoms with Crippen LogP contribution < -0.4 is 5.73 Å². The van der Waals surface area contributed by atoms with E-state index < -0.39 is 29.1 Å². The molecule has 5 heteroatoms. The van der Waals surface area contributed by atoms with Gasteiger partial charge in [-0.25, -0.2) is 13.2 Å². The topological polar surface area (TPSA) is 35.2 Å². The maximum atomic E-state index is 13.7. The number of halogens is 3. The van der Waals surface area contributed by atoms with Gasteiger partial charge in [-0.2, -0.15) is 0 Å². The van der Waals surface area contributed by atoms with Crippen LogP contribution in [0.1, 0.15) is 37.8 Å². The molecule has 0 bridgehead atoms. The van der Waals surface area contributed by atoms with E-state index in [0.717, 1.165) is 18.9 Å². The van der Waals surface area contributed by atoms with E-state index in [1.807, 2.05) is 0 Å². The fourth-order valence-corrected chi connectivity index (χ4v) is 2.31. The van der Waals surface area contributed by atoms with Crippen LogP contribution in [-0.4, -0.2) is 12.2 Å². The molecule has 1 fully saturated rings. The van der Waals surface area contributed by atoms with Crippen molar-refractivity contribution in [3.8, 4) is 0 Å². The molecule has 0 spiro atoms. The number of hydrogen-bond acceptors (Lipinski definition) is 2. The summed E-state index contributed by atoms with van der Waals surface area (Å²) in [5.74, 6) is -3.92. The molecule has 2 nitrogen and oxygen atoms in total. The normalized spacial score (nSPS) is 26.1. The van der Waals surface area contributed by atoms with Gasteiger partial charge in [-0.3, -0.25) is 0 Å². The van der Waals surface area contributed by atoms with Crippen LogP contribution in [0.5, 0.6) is 0 Å². The monoisotopic (exact) mass is 259 g/mol. The highest BCUT2D eigenvalue weighted by molar-refractivity contribution is 5.26. The second-order valence-electron chi connectivity index (χ2n) is 4.86. The number of benzene rings is 1. The second kappa shape index (κ2) is 4.90. The van der Waals surface area contributed by atoms with Gasteiger partial charge in [-0.1, -0.05) is 6.07 Å². The predicted octanol–water partition coefficient (Wildman–Crippen LogP) is 3.06. The highest BCUT2D eigenvalue weighted by atomic mass is 19.2. The maximum absolute atomic E-state index is 13.7. The summed E-state index contributed by atoms with van der Waals surface area (Å²) in [6, 6.07) is 1.26. The van der Waals surface area contributed by atoms with Crippen LogP contribution >= 0.6 is 0 Å². The molecule has 2 N–H and O–H groups in total. The summed E-state index contributed by atoms with van der Waals surface area (Å²) in [5, 5.41) is 0. The van der Waals surface area contributed by atoms with Crippen LogP contribution in [0.25, 0.3) is 0 Å². The van der Waals surface area contributed by atoms with Crippen molar-refractivity contribution in [2.24, 2.45) is 5.73 Å². The number of ether oxygens (including phenoxy) is 1. The number of nitrogens with two attached hydrogens (primary N) is 1. The first-order chi connectivity index (χ1) is 8.46. The standard InChI is InChI=1S/C13H16F3NO/c1-13(6-2-3-7-18-13)12(17)8-4-5-9(14)11(16)10(8)15/h4-5,12H,2-3,6-7,17H2,1H3. The Kier molecular flexibility index (Phi) is 3.64. The molecule has 2 atom stereocenters. The zero-order chi connectivity index (χ0) is 13.3. The SMILES string of the molecule is CC1(C(N)c2ccc(F)c(F)c2F)CCCCO1. The molecule has 1 heterocycles. The van der Waals surface area contributed by atoms with E-state index in [0.29, 0.717) is 13.0 Å². The quantitative estimate of drug-likeness (QED) is 0.828. The summed E-state index contributed by atoms with van der Waals surface area (Å²) in [5.41, 5.74) is 5.19. The average molecular weight is 259 g/mol. The zero-order valence-electron chi connectivity index (χ0n) is 10.2. The van der Waals surface area contributed by atoms with Crippen molar-refractivity contribution in [2.45, 2.75) is 37.8 Å². The molecule has 2 rings (SSSR count). The van der Waals surface area contributed by atoms with Crippen LogP contribution in [0.15, 0.2) is 12.1 Å². The fourth-order valence-electron chi connectivity index (χ4n) is 2.31. The van der Waals surface area contributed by atoms with Gasteiger partial charge >= 0.3 is 0 Å². The minimum Gasteiger partial charge on any atom is -0.373 e. The zero-order valence-corrected chi connectivity index (χ0v) is 10.2. The predicted molar refractivity (Wildman–Crippen MR) is 61.5 cm³/mol. The molecule has 100 valence electrons. The van der Waals surface area contributed by atoms with Gasteiger partial charge in [-0.05, 0) is 32.3 Å². The van der Waals surface area contributed by atoms with Crippen molar-refractivity contribution in [2.75, 3.05) is 6.61 Å². The van der Waals surface area contributed by atoms with Gasteiger partial charge in [-0.15, -0.1) is 0 Å². The largest absolute Gasteiger partial charge is 0.373 e. The Morgan fingerprint density at radius 3 is 2.56 bits per heavy atom. The smallest absolute Gasteiger partial charge is 0.194 e. The summed E-state index contributed by atoms with van der Waals surface area (Å²) in [6.45, 7) is 2.33. The van der Waals surface area contributed by atoms with Crippen LogP contribution in [0, 0.1) is 17.5 Å². The Bertz CT molecular complexity index is 444. The Hall–Kier alpha value is -1.07.